The van der Waals surface area contributed by atoms with Gasteiger partial charge in [-0.25, -0.2) is 14.6 Å². The first-order chi connectivity index (χ1) is 15.0. The highest BCUT2D eigenvalue weighted by molar-refractivity contribution is 5.97. The molecule has 0 bridgehead atoms. The van der Waals surface area contributed by atoms with Crippen molar-refractivity contribution in [3.05, 3.63) is 59.9 Å². The molecule has 7 heteroatoms. The third-order valence-electron chi connectivity index (χ3n) is 6.45. The first-order valence-corrected chi connectivity index (χ1v) is 10.8. The number of aryl methyl sites for hydroxylation is 1. The molecule has 0 spiro atoms. The highest BCUT2D eigenvalue weighted by Crippen LogP contribution is 2.44. The average molecular weight is 412 g/mol. The quantitative estimate of drug-likeness (QED) is 0.510. The molecule has 4 heterocycles. The maximum absolute atomic E-state index is 12.7. The minimum Gasteiger partial charge on any atom is -0.338 e. The smallest absolute Gasteiger partial charge is 0.245 e. The van der Waals surface area contributed by atoms with Gasteiger partial charge in [-0.3, -0.25) is 4.79 Å². The van der Waals surface area contributed by atoms with Gasteiger partial charge in [0.2, 0.25) is 5.91 Å². The van der Waals surface area contributed by atoms with E-state index in [1.54, 1.807) is 4.68 Å². The summed E-state index contributed by atoms with van der Waals surface area (Å²) in [6.45, 7) is 4.53. The zero-order chi connectivity index (χ0) is 21.3. The van der Waals surface area contributed by atoms with E-state index < -0.39 is 0 Å². The first-order valence-electron chi connectivity index (χ1n) is 10.8. The highest BCUT2D eigenvalue weighted by Gasteiger charge is 2.38. The van der Waals surface area contributed by atoms with Crippen molar-refractivity contribution in [3.63, 3.8) is 0 Å². The van der Waals surface area contributed by atoms with Crippen LogP contribution in [0.25, 0.3) is 27.8 Å². The molecular formula is C24H24N6O. The molecule has 4 aromatic rings. The van der Waals surface area contributed by atoms with Gasteiger partial charge in [0.1, 0.15) is 11.9 Å². The Labute approximate surface area is 180 Å². The monoisotopic (exact) mass is 412 g/mol. The number of rotatable bonds is 3. The molecule has 1 atom stereocenters. The summed E-state index contributed by atoms with van der Waals surface area (Å²) >= 11 is 0. The Bertz CT molecular complexity index is 1350. The van der Waals surface area contributed by atoms with Crippen molar-refractivity contribution in [2.24, 2.45) is 0 Å². The second-order valence-electron chi connectivity index (χ2n) is 8.75. The first kappa shape index (κ1) is 18.3. The molecule has 7 nitrogen and oxygen atoms in total. The van der Waals surface area contributed by atoms with Gasteiger partial charge in [-0.2, -0.15) is 5.10 Å². The molecule has 156 valence electrons. The molecule has 1 aromatic carbocycles. The number of imidazole rings is 1. The Kier molecular flexibility index (Phi) is 3.84. The molecule has 1 aliphatic heterocycles. The molecule has 0 N–H and O–H groups in total. The molecule has 1 fully saturated rings. The van der Waals surface area contributed by atoms with Crippen LogP contribution in [0.1, 0.15) is 48.9 Å². The number of hydrogen-bond acceptors (Lipinski definition) is 4. The molecule has 1 aliphatic carbocycles. The van der Waals surface area contributed by atoms with Gasteiger partial charge in [0.05, 0.1) is 23.6 Å². The number of nitrogens with zero attached hydrogens (tertiary/aromatic N) is 6. The van der Waals surface area contributed by atoms with Crippen molar-refractivity contribution in [1.29, 1.82) is 0 Å². The zero-order valence-corrected chi connectivity index (χ0v) is 17.9. The van der Waals surface area contributed by atoms with Gasteiger partial charge in [-0.15, -0.1) is 0 Å². The van der Waals surface area contributed by atoms with Crippen LogP contribution in [0.3, 0.4) is 0 Å². The lowest BCUT2D eigenvalue weighted by atomic mass is 10.0. The molecule has 3 aromatic heterocycles. The Morgan fingerprint density at radius 2 is 2.00 bits per heavy atom. The highest BCUT2D eigenvalue weighted by atomic mass is 16.2. The van der Waals surface area contributed by atoms with E-state index in [4.69, 9.17) is 4.98 Å². The van der Waals surface area contributed by atoms with Crippen LogP contribution in [0.4, 0.5) is 0 Å². The number of hydrogen-bond donors (Lipinski definition) is 0. The molecule has 2 aliphatic rings. The summed E-state index contributed by atoms with van der Waals surface area (Å²) in [4.78, 5) is 24.3. The number of pyridine rings is 1. The predicted molar refractivity (Wildman–Crippen MR) is 118 cm³/mol. The third-order valence-corrected chi connectivity index (χ3v) is 6.45. The average Bonchev–Trinajstić information content (AvgIpc) is 3.42. The largest absolute Gasteiger partial charge is 0.338 e. The Morgan fingerprint density at radius 1 is 1.16 bits per heavy atom. The van der Waals surface area contributed by atoms with Gasteiger partial charge in [0.25, 0.3) is 0 Å². The van der Waals surface area contributed by atoms with Crippen molar-refractivity contribution in [2.75, 3.05) is 7.05 Å². The van der Waals surface area contributed by atoms with Gasteiger partial charge >= 0.3 is 0 Å². The number of carbonyl (C=O) groups is 1. The number of likely N-dealkylation sites (N-methyl/N-ethyl adjacent to an activating group) is 1. The Morgan fingerprint density at radius 3 is 2.74 bits per heavy atom. The lowest BCUT2D eigenvalue weighted by Gasteiger charge is -2.31. The summed E-state index contributed by atoms with van der Waals surface area (Å²) < 4.78 is 4.00. The van der Waals surface area contributed by atoms with Crippen LogP contribution in [0.2, 0.25) is 0 Å². The van der Waals surface area contributed by atoms with Crippen molar-refractivity contribution in [3.8, 4) is 17.1 Å². The molecule has 0 radical (unpaired) electrons. The number of benzene rings is 1. The zero-order valence-electron chi connectivity index (χ0n) is 17.9. The van der Waals surface area contributed by atoms with Crippen molar-refractivity contribution >= 4 is 16.7 Å². The van der Waals surface area contributed by atoms with E-state index >= 15 is 0 Å². The molecule has 1 saturated carbocycles. The van der Waals surface area contributed by atoms with Crippen LogP contribution >= 0.6 is 0 Å². The predicted octanol–water partition coefficient (Wildman–Crippen LogP) is 4.00. The van der Waals surface area contributed by atoms with Gasteiger partial charge < -0.3 is 9.47 Å². The van der Waals surface area contributed by atoms with E-state index in [9.17, 15) is 4.79 Å². The van der Waals surface area contributed by atoms with Crippen molar-refractivity contribution in [1.82, 2.24) is 29.2 Å². The summed E-state index contributed by atoms with van der Waals surface area (Å²) in [6, 6.07) is 10.1. The van der Waals surface area contributed by atoms with Crippen molar-refractivity contribution < 1.29 is 4.79 Å². The second kappa shape index (κ2) is 6.51. The van der Waals surface area contributed by atoms with E-state index in [-0.39, 0.29) is 11.9 Å². The molecular weight excluding hydrogens is 388 g/mol. The SMILES string of the molecule is Cc1ccn(-c2cc3cccc(-c4nc(C5CC5)n5c4CN(C)C(=O)[C@H]5C)c3cn2)n1. The van der Waals surface area contributed by atoms with Gasteiger partial charge in [-0.1, -0.05) is 18.2 Å². The number of carbonyl (C=O) groups excluding carboxylic acids is 1. The standard InChI is InChI=1S/C24H24N6O/c1-14-9-10-29(27-14)21-11-17-5-4-6-18(19(17)12-25-21)22-20-13-28(3)24(31)15(2)30(20)23(26-22)16-7-8-16/h4-6,9-12,15-16H,7-8,13H2,1-3H3/t15-/m1/s1. The van der Waals surface area contributed by atoms with Crippen LogP contribution < -0.4 is 0 Å². The summed E-state index contributed by atoms with van der Waals surface area (Å²) in [5, 5.41) is 6.64. The normalized spacial score (nSPS) is 18.6. The summed E-state index contributed by atoms with van der Waals surface area (Å²) in [5.41, 5.74) is 4.12. The van der Waals surface area contributed by atoms with Gasteiger partial charge in [-0.05, 0) is 44.2 Å². The maximum Gasteiger partial charge on any atom is 0.245 e. The van der Waals surface area contributed by atoms with Gasteiger partial charge in [0.15, 0.2) is 5.82 Å². The summed E-state index contributed by atoms with van der Waals surface area (Å²) in [5.74, 6) is 2.47. The third kappa shape index (κ3) is 2.80. The minimum absolute atomic E-state index is 0.150. The summed E-state index contributed by atoms with van der Waals surface area (Å²) in [6.07, 6.45) is 6.14. The Hall–Kier alpha value is -3.48. The lowest BCUT2D eigenvalue weighted by molar-refractivity contribution is -0.135. The topological polar surface area (TPSA) is 68.8 Å². The fourth-order valence-electron chi connectivity index (χ4n) is 4.68. The van der Waals surface area contributed by atoms with Crippen LogP contribution in [-0.4, -0.2) is 42.2 Å². The van der Waals surface area contributed by atoms with Gasteiger partial charge in [0, 0.05) is 36.3 Å². The second-order valence-corrected chi connectivity index (χ2v) is 8.75. The molecule has 31 heavy (non-hydrogen) atoms. The maximum atomic E-state index is 12.7. The van der Waals surface area contributed by atoms with Crippen LogP contribution in [0, 0.1) is 6.92 Å². The molecule has 0 saturated heterocycles. The van der Waals surface area contributed by atoms with Crippen molar-refractivity contribution in [2.45, 2.75) is 45.2 Å². The number of amides is 1. The fourth-order valence-corrected chi connectivity index (χ4v) is 4.68. The molecule has 6 rings (SSSR count). The van der Waals surface area contributed by atoms with E-state index in [0.29, 0.717) is 12.5 Å². The fraction of sp³-hybridized carbons (Fsp3) is 0.333. The summed E-state index contributed by atoms with van der Waals surface area (Å²) in [7, 11) is 1.87. The minimum atomic E-state index is -0.214. The van der Waals surface area contributed by atoms with E-state index in [0.717, 1.165) is 57.9 Å². The molecule has 0 unspecified atom stereocenters. The van der Waals surface area contributed by atoms with Crippen LogP contribution in [0.5, 0.6) is 0 Å². The van der Waals surface area contributed by atoms with E-state index in [1.807, 2.05) is 44.3 Å². The lowest BCUT2D eigenvalue weighted by Crippen LogP contribution is -2.39. The number of aromatic nitrogens is 5. The van der Waals surface area contributed by atoms with E-state index in [2.05, 4.69) is 38.9 Å². The van der Waals surface area contributed by atoms with Crippen LogP contribution in [-0.2, 0) is 11.3 Å². The molecule has 1 amide bonds. The number of fused-ring (bicyclic) bond motifs is 2. The van der Waals surface area contributed by atoms with Crippen LogP contribution in [0.15, 0.2) is 42.7 Å². The Balaban J connectivity index is 1.53. The van der Waals surface area contributed by atoms with E-state index in [1.165, 1.54) is 0 Å².